The molecule has 2 saturated heterocycles. The number of hydrogen-bond donors (Lipinski definition) is 4. The minimum Gasteiger partial charge on any atom is -0.492 e. The first-order valence-electron chi connectivity index (χ1n) is 9.76. The number of hydrogen-bond acceptors (Lipinski definition) is 11. The lowest BCUT2D eigenvalue weighted by atomic mass is 10.0. The van der Waals surface area contributed by atoms with Gasteiger partial charge >= 0.3 is 5.97 Å². The highest BCUT2D eigenvalue weighted by molar-refractivity contribution is 8.00. The molecule has 1 aromatic rings. The number of thioether (sulfide) groups is 1. The molecule has 4 rings (SSSR count). The van der Waals surface area contributed by atoms with Crippen molar-refractivity contribution in [2.75, 3.05) is 25.2 Å². The SMILES string of the molecule is CON=C(C(=O)N[C@@H]1C(=O)N2C(C(=O)O)=C(OCC3CCC(=O)N3)CS[C@@H]12)c1csc(N)n1. The molecule has 0 radical (unpaired) electrons. The number of amides is 3. The van der Waals surface area contributed by atoms with Crippen molar-refractivity contribution in [1.82, 2.24) is 20.5 Å². The van der Waals surface area contributed by atoms with Gasteiger partial charge in [0.25, 0.3) is 11.8 Å². The minimum atomic E-state index is -1.32. The molecule has 5 N–H and O–H groups in total. The van der Waals surface area contributed by atoms with Crippen LogP contribution in [-0.4, -0.2) is 81.3 Å². The summed E-state index contributed by atoms with van der Waals surface area (Å²) in [6.45, 7) is 0.110. The Kier molecular flexibility index (Phi) is 6.42. The molecule has 0 aliphatic carbocycles. The van der Waals surface area contributed by atoms with Crippen molar-refractivity contribution in [2.24, 2.45) is 5.16 Å². The Balaban J connectivity index is 1.46. The maximum absolute atomic E-state index is 12.8. The summed E-state index contributed by atoms with van der Waals surface area (Å²) in [7, 11) is 1.26. The van der Waals surface area contributed by atoms with E-state index in [0.29, 0.717) is 12.8 Å². The van der Waals surface area contributed by atoms with Crippen molar-refractivity contribution in [2.45, 2.75) is 30.3 Å². The first-order valence-corrected chi connectivity index (χ1v) is 11.7. The molecule has 0 spiro atoms. The third-order valence-electron chi connectivity index (χ3n) is 5.13. The summed E-state index contributed by atoms with van der Waals surface area (Å²) in [6, 6.07) is -1.18. The molecule has 4 heterocycles. The van der Waals surface area contributed by atoms with Crippen molar-refractivity contribution in [1.29, 1.82) is 0 Å². The molecule has 0 aromatic carbocycles. The van der Waals surface area contributed by atoms with Crippen molar-refractivity contribution in [3.8, 4) is 0 Å². The fourth-order valence-electron chi connectivity index (χ4n) is 3.61. The van der Waals surface area contributed by atoms with E-state index in [0.717, 1.165) is 16.2 Å². The largest absolute Gasteiger partial charge is 0.492 e. The highest BCUT2D eigenvalue weighted by Crippen LogP contribution is 2.40. The monoisotopic (exact) mass is 496 g/mol. The number of β-lactam (4-membered cyclic amide) rings is 1. The molecule has 0 bridgehead atoms. The van der Waals surface area contributed by atoms with Crippen LogP contribution < -0.4 is 16.4 Å². The van der Waals surface area contributed by atoms with Crippen molar-refractivity contribution >= 4 is 57.6 Å². The summed E-state index contributed by atoms with van der Waals surface area (Å²) in [5.74, 6) is -2.37. The fourth-order valence-corrected chi connectivity index (χ4v) is 5.43. The normalized spacial score (nSPS) is 24.7. The molecular weight excluding hydrogens is 476 g/mol. The molecule has 33 heavy (non-hydrogen) atoms. The Morgan fingerprint density at radius 2 is 2.24 bits per heavy atom. The van der Waals surface area contributed by atoms with Crippen LogP contribution in [0.5, 0.6) is 0 Å². The Labute approximate surface area is 195 Å². The van der Waals surface area contributed by atoms with E-state index in [-0.39, 0.29) is 52.3 Å². The van der Waals surface area contributed by atoms with Gasteiger partial charge in [0.2, 0.25) is 5.91 Å². The average molecular weight is 497 g/mol. The van der Waals surface area contributed by atoms with Crippen LogP contribution in [0.2, 0.25) is 0 Å². The lowest BCUT2D eigenvalue weighted by Crippen LogP contribution is -2.71. The van der Waals surface area contributed by atoms with E-state index < -0.39 is 29.2 Å². The average Bonchev–Trinajstić information content (AvgIpc) is 3.40. The van der Waals surface area contributed by atoms with Crippen LogP contribution in [0.25, 0.3) is 0 Å². The van der Waals surface area contributed by atoms with Crippen LogP contribution in [-0.2, 0) is 28.8 Å². The molecule has 1 unspecified atom stereocenters. The molecule has 0 saturated carbocycles. The van der Waals surface area contributed by atoms with E-state index in [1.165, 1.54) is 24.3 Å². The van der Waals surface area contributed by atoms with Gasteiger partial charge in [0.15, 0.2) is 16.5 Å². The quantitative estimate of drug-likeness (QED) is 0.199. The van der Waals surface area contributed by atoms with Gasteiger partial charge in [-0.3, -0.25) is 19.3 Å². The molecule has 3 amide bonds. The summed E-state index contributed by atoms with van der Waals surface area (Å²) in [5.41, 5.74) is 5.38. The number of aliphatic carboxylic acids is 1. The zero-order chi connectivity index (χ0) is 23.7. The number of nitrogens with one attached hydrogen (secondary N) is 2. The number of aromatic nitrogens is 1. The number of ether oxygens (including phenoxy) is 1. The minimum absolute atomic E-state index is 0.0812. The van der Waals surface area contributed by atoms with Gasteiger partial charge in [0.05, 0.1) is 11.8 Å². The van der Waals surface area contributed by atoms with Gasteiger partial charge in [-0.1, -0.05) is 5.16 Å². The zero-order valence-electron chi connectivity index (χ0n) is 17.3. The van der Waals surface area contributed by atoms with Gasteiger partial charge in [0, 0.05) is 11.8 Å². The predicted molar refractivity (Wildman–Crippen MR) is 117 cm³/mol. The van der Waals surface area contributed by atoms with E-state index in [1.807, 2.05) is 0 Å². The molecule has 3 atom stereocenters. The summed E-state index contributed by atoms with van der Waals surface area (Å²) in [5, 5.41) is 19.8. The highest BCUT2D eigenvalue weighted by Gasteiger charge is 2.55. The van der Waals surface area contributed by atoms with Crippen LogP contribution in [0.3, 0.4) is 0 Å². The van der Waals surface area contributed by atoms with E-state index in [4.69, 9.17) is 15.3 Å². The van der Waals surface area contributed by atoms with Crippen LogP contribution in [0, 0.1) is 0 Å². The first kappa shape index (κ1) is 22.8. The van der Waals surface area contributed by atoms with Gasteiger partial charge in [0.1, 0.15) is 36.6 Å². The maximum atomic E-state index is 12.8. The number of carboxylic acid groups (broad SMARTS) is 1. The Morgan fingerprint density at radius 3 is 2.85 bits per heavy atom. The second-order valence-corrected chi connectivity index (χ2v) is 9.24. The number of thiazole rings is 1. The van der Waals surface area contributed by atoms with Crippen LogP contribution in [0.1, 0.15) is 18.5 Å². The van der Waals surface area contributed by atoms with Gasteiger partial charge in [-0.05, 0) is 6.42 Å². The smallest absolute Gasteiger partial charge is 0.356 e. The Bertz CT molecular complexity index is 1070. The molecule has 2 fully saturated rings. The fraction of sp³-hybridized carbons (Fsp3) is 0.444. The van der Waals surface area contributed by atoms with E-state index >= 15 is 0 Å². The van der Waals surface area contributed by atoms with E-state index in [9.17, 15) is 24.3 Å². The van der Waals surface area contributed by atoms with Crippen molar-refractivity contribution in [3.05, 3.63) is 22.5 Å². The summed E-state index contributed by atoms with van der Waals surface area (Å²) in [4.78, 5) is 58.6. The molecule has 13 nitrogen and oxygen atoms in total. The van der Waals surface area contributed by atoms with Gasteiger partial charge in [-0.15, -0.1) is 23.1 Å². The number of carbonyl (C=O) groups excluding carboxylic acids is 3. The Hall–Kier alpha value is -3.33. The Morgan fingerprint density at radius 1 is 1.45 bits per heavy atom. The highest BCUT2D eigenvalue weighted by atomic mass is 32.2. The van der Waals surface area contributed by atoms with Gasteiger partial charge in [-0.2, -0.15) is 0 Å². The van der Waals surface area contributed by atoms with Crippen LogP contribution >= 0.6 is 23.1 Å². The summed E-state index contributed by atoms with van der Waals surface area (Å²) < 4.78 is 5.66. The third kappa shape index (κ3) is 4.45. The van der Waals surface area contributed by atoms with Gasteiger partial charge < -0.3 is 31.0 Å². The molecule has 15 heteroatoms. The number of carbonyl (C=O) groups is 4. The predicted octanol–water partition coefficient (Wildman–Crippen LogP) is -0.933. The number of nitrogen functional groups attached to an aromatic ring is 1. The number of fused-ring (bicyclic) bond motifs is 1. The van der Waals surface area contributed by atoms with E-state index in [1.54, 1.807) is 0 Å². The first-order chi connectivity index (χ1) is 15.8. The number of nitrogens with zero attached hydrogens (tertiary/aromatic N) is 3. The second-order valence-electron chi connectivity index (χ2n) is 7.25. The topological polar surface area (TPSA) is 186 Å². The zero-order valence-corrected chi connectivity index (χ0v) is 18.9. The van der Waals surface area contributed by atoms with Crippen molar-refractivity contribution < 1.29 is 33.9 Å². The number of oxime groups is 1. The molecular formula is C18H20N6O7S2. The van der Waals surface area contributed by atoms with E-state index in [2.05, 4.69) is 20.8 Å². The lowest BCUT2D eigenvalue weighted by molar-refractivity contribution is -0.150. The summed E-state index contributed by atoms with van der Waals surface area (Å²) >= 11 is 2.37. The molecule has 1 aromatic heterocycles. The second kappa shape index (κ2) is 9.27. The molecule has 176 valence electrons. The molecule has 3 aliphatic heterocycles. The van der Waals surface area contributed by atoms with Crippen molar-refractivity contribution in [3.63, 3.8) is 0 Å². The van der Waals surface area contributed by atoms with Gasteiger partial charge in [-0.25, -0.2) is 9.78 Å². The number of nitrogens with two attached hydrogens (primary N) is 1. The number of anilines is 1. The number of rotatable bonds is 8. The molecule has 3 aliphatic rings. The van der Waals surface area contributed by atoms with Crippen LogP contribution in [0.15, 0.2) is 22.0 Å². The summed E-state index contributed by atoms with van der Waals surface area (Å²) in [6.07, 6.45) is 0.987. The lowest BCUT2D eigenvalue weighted by Gasteiger charge is -2.49. The van der Waals surface area contributed by atoms with Crippen LogP contribution in [0.4, 0.5) is 5.13 Å². The standard InChI is InChI=1S/C18H20N6O7S2/c1-30-23-11(8-5-33-18(19)21-8)14(26)22-12-15(27)24-13(17(28)29)9(6-32-16(12)24)31-4-7-2-3-10(25)20-7/h5,7,12,16H,2-4,6H2,1H3,(H2,19,21)(H,20,25)(H,22,26)(H,28,29)/t7?,12-,16+/m1/s1. The third-order valence-corrected chi connectivity index (χ3v) is 7.06. The number of carboxylic acids is 1. The maximum Gasteiger partial charge on any atom is 0.356 e.